The van der Waals surface area contributed by atoms with E-state index in [4.69, 9.17) is 4.98 Å². The zero-order valence-corrected chi connectivity index (χ0v) is 19.5. The van der Waals surface area contributed by atoms with Gasteiger partial charge in [0, 0.05) is 36.6 Å². The van der Waals surface area contributed by atoms with E-state index < -0.39 is 0 Å². The summed E-state index contributed by atoms with van der Waals surface area (Å²) in [5.74, 6) is 1.67. The number of para-hydroxylation sites is 1. The van der Waals surface area contributed by atoms with Crippen LogP contribution in [0.3, 0.4) is 0 Å². The Hall–Kier alpha value is -3.08. The zero-order chi connectivity index (χ0) is 22.6. The summed E-state index contributed by atoms with van der Waals surface area (Å²) in [4.78, 5) is 20.1. The number of hydrogen-bond donors (Lipinski definition) is 2. The van der Waals surface area contributed by atoms with Crippen molar-refractivity contribution in [3.8, 4) is 0 Å². The lowest BCUT2D eigenvalue weighted by atomic mass is 9.87. The van der Waals surface area contributed by atoms with Gasteiger partial charge in [-0.2, -0.15) is 0 Å². The van der Waals surface area contributed by atoms with Gasteiger partial charge in [0.25, 0.3) is 0 Å². The standard InChI is InChI=1S/C28H34N4O/c1-20-12-14-25-24(28(20)31-27(33)18-21-8-4-2-5-9-21)13-15-26(30-25)32-17-16-23(19-32)29-22-10-6-3-7-11-22/h3,6-7,10-15,21,23,29H,2,4-5,8-9,16-19H2,1H3,(H,31,33)/t23-/m0/s1. The second-order valence-electron chi connectivity index (χ2n) is 9.69. The van der Waals surface area contributed by atoms with Crippen LogP contribution in [-0.4, -0.2) is 30.0 Å². The molecule has 5 nitrogen and oxygen atoms in total. The number of aromatic nitrogens is 1. The summed E-state index contributed by atoms with van der Waals surface area (Å²) in [5.41, 5.74) is 4.10. The van der Waals surface area contributed by atoms with Crippen molar-refractivity contribution in [2.45, 2.75) is 57.9 Å². The van der Waals surface area contributed by atoms with E-state index in [1.54, 1.807) is 0 Å². The fourth-order valence-electron chi connectivity index (χ4n) is 5.34. The topological polar surface area (TPSA) is 57.3 Å². The Kier molecular flexibility index (Phi) is 6.47. The van der Waals surface area contributed by atoms with Crippen LogP contribution in [0.15, 0.2) is 54.6 Å². The first-order valence-electron chi connectivity index (χ1n) is 12.4. The molecule has 1 saturated carbocycles. The largest absolute Gasteiger partial charge is 0.380 e. The number of fused-ring (bicyclic) bond motifs is 1. The minimum Gasteiger partial charge on any atom is -0.380 e. The number of hydrogen-bond acceptors (Lipinski definition) is 4. The summed E-state index contributed by atoms with van der Waals surface area (Å²) in [6, 6.07) is 19.2. The second kappa shape index (κ2) is 9.82. The van der Waals surface area contributed by atoms with Crippen molar-refractivity contribution in [2.75, 3.05) is 28.6 Å². The monoisotopic (exact) mass is 442 g/mol. The summed E-state index contributed by atoms with van der Waals surface area (Å²) in [5, 5.41) is 7.88. The molecule has 1 aliphatic carbocycles. The van der Waals surface area contributed by atoms with E-state index >= 15 is 0 Å². The molecule has 0 radical (unpaired) electrons. The maximum absolute atomic E-state index is 12.8. The van der Waals surface area contributed by atoms with E-state index in [1.807, 2.05) is 6.07 Å². The van der Waals surface area contributed by atoms with Crippen LogP contribution in [0.2, 0.25) is 0 Å². The highest BCUT2D eigenvalue weighted by atomic mass is 16.1. The minimum atomic E-state index is 0.135. The smallest absolute Gasteiger partial charge is 0.224 e. The Balaban J connectivity index is 1.28. The third kappa shape index (κ3) is 5.13. The van der Waals surface area contributed by atoms with Crippen LogP contribution in [0.1, 0.15) is 50.5 Å². The number of carbonyl (C=O) groups excluding carboxylic acids is 1. The molecule has 2 fully saturated rings. The third-order valence-electron chi connectivity index (χ3n) is 7.18. The normalized spacial score (nSPS) is 19.1. The molecule has 0 spiro atoms. The Bertz CT molecular complexity index is 1110. The fraction of sp³-hybridized carbons (Fsp3) is 0.429. The highest BCUT2D eigenvalue weighted by Gasteiger charge is 2.24. The van der Waals surface area contributed by atoms with E-state index in [0.717, 1.165) is 47.5 Å². The molecule has 3 aromatic rings. The van der Waals surface area contributed by atoms with Crippen molar-refractivity contribution in [1.82, 2.24) is 4.98 Å². The highest BCUT2D eigenvalue weighted by molar-refractivity contribution is 6.02. The molecule has 0 unspecified atom stereocenters. The average Bonchev–Trinajstić information content (AvgIpc) is 3.30. The number of anilines is 3. The molecule has 5 rings (SSSR count). The number of amides is 1. The molecule has 2 N–H and O–H groups in total. The lowest BCUT2D eigenvalue weighted by Crippen LogP contribution is -2.26. The van der Waals surface area contributed by atoms with Gasteiger partial charge in [0.15, 0.2) is 0 Å². The first-order valence-corrected chi connectivity index (χ1v) is 12.4. The van der Waals surface area contributed by atoms with Crippen LogP contribution >= 0.6 is 0 Å². The molecule has 172 valence electrons. The summed E-state index contributed by atoms with van der Waals surface area (Å²) < 4.78 is 0. The van der Waals surface area contributed by atoms with Gasteiger partial charge in [0.05, 0.1) is 11.2 Å². The Labute approximate surface area is 196 Å². The van der Waals surface area contributed by atoms with Gasteiger partial charge < -0.3 is 15.5 Å². The Morgan fingerprint density at radius 3 is 2.64 bits per heavy atom. The van der Waals surface area contributed by atoms with Crippen molar-refractivity contribution in [3.63, 3.8) is 0 Å². The SMILES string of the molecule is Cc1ccc2nc(N3CC[C@H](Nc4ccccc4)C3)ccc2c1NC(=O)CC1CCCCC1. The van der Waals surface area contributed by atoms with E-state index in [-0.39, 0.29) is 5.91 Å². The van der Waals surface area contributed by atoms with Crippen molar-refractivity contribution >= 4 is 34.0 Å². The molecule has 2 heterocycles. The van der Waals surface area contributed by atoms with Crippen molar-refractivity contribution in [3.05, 3.63) is 60.2 Å². The zero-order valence-electron chi connectivity index (χ0n) is 19.5. The van der Waals surface area contributed by atoms with Gasteiger partial charge >= 0.3 is 0 Å². The summed E-state index contributed by atoms with van der Waals surface area (Å²) in [6.07, 6.45) is 7.92. The van der Waals surface area contributed by atoms with Crippen LogP contribution in [0.25, 0.3) is 10.9 Å². The van der Waals surface area contributed by atoms with Crippen molar-refractivity contribution < 1.29 is 4.79 Å². The summed E-state index contributed by atoms with van der Waals surface area (Å²) in [6.45, 7) is 3.98. The predicted octanol–water partition coefficient (Wildman–Crippen LogP) is 6.14. The van der Waals surface area contributed by atoms with Gasteiger partial charge in [0.2, 0.25) is 5.91 Å². The second-order valence-corrected chi connectivity index (χ2v) is 9.69. The molecule has 33 heavy (non-hydrogen) atoms. The van der Waals surface area contributed by atoms with E-state index in [1.165, 1.54) is 37.8 Å². The van der Waals surface area contributed by atoms with Gasteiger partial charge in [-0.05, 0) is 68.0 Å². The number of rotatable bonds is 6. The number of carbonyl (C=O) groups is 1. The predicted molar refractivity (Wildman–Crippen MR) is 137 cm³/mol. The fourth-order valence-corrected chi connectivity index (χ4v) is 5.34. The van der Waals surface area contributed by atoms with Crippen LogP contribution in [0, 0.1) is 12.8 Å². The Morgan fingerprint density at radius 2 is 1.82 bits per heavy atom. The number of nitrogens with zero attached hydrogens (tertiary/aromatic N) is 2. The molecular weight excluding hydrogens is 408 g/mol. The molecule has 1 aliphatic heterocycles. The third-order valence-corrected chi connectivity index (χ3v) is 7.18. The number of benzene rings is 2. The van der Waals surface area contributed by atoms with Gasteiger partial charge in [-0.25, -0.2) is 4.98 Å². The molecule has 2 aliphatic rings. The first kappa shape index (κ1) is 21.7. The summed E-state index contributed by atoms with van der Waals surface area (Å²) >= 11 is 0. The molecule has 1 aromatic heterocycles. The molecule has 2 aromatic carbocycles. The maximum Gasteiger partial charge on any atom is 0.224 e. The molecular formula is C28H34N4O. The van der Waals surface area contributed by atoms with E-state index in [0.29, 0.717) is 18.4 Å². The van der Waals surface area contributed by atoms with Crippen molar-refractivity contribution in [1.29, 1.82) is 0 Å². The lowest BCUT2D eigenvalue weighted by molar-refractivity contribution is -0.117. The van der Waals surface area contributed by atoms with Crippen LogP contribution in [-0.2, 0) is 4.79 Å². The highest BCUT2D eigenvalue weighted by Crippen LogP contribution is 2.31. The molecule has 5 heteroatoms. The number of pyridine rings is 1. The molecule has 1 atom stereocenters. The molecule has 0 bridgehead atoms. The van der Waals surface area contributed by atoms with Crippen molar-refractivity contribution in [2.24, 2.45) is 5.92 Å². The summed E-state index contributed by atoms with van der Waals surface area (Å²) in [7, 11) is 0. The van der Waals surface area contributed by atoms with Gasteiger partial charge in [-0.1, -0.05) is 43.5 Å². The first-order chi connectivity index (χ1) is 16.2. The number of aryl methyl sites for hydroxylation is 1. The van der Waals surface area contributed by atoms with Gasteiger partial charge in [0.1, 0.15) is 5.82 Å². The van der Waals surface area contributed by atoms with Gasteiger partial charge in [-0.3, -0.25) is 4.79 Å². The quantitative estimate of drug-likeness (QED) is 0.481. The molecule has 1 amide bonds. The van der Waals surface area contributed by atoms with Crippen LogP contribution < -0.4 is 15.5 Å². The lowest BCUT2D eigenvalue weighted by Gasteiger charge is -2.22. The average molecular weight is 443 g/mol. The molecule has 1 saturated heterocycles. The number of nitrogens with one attached hydrogen (secondary N) is 2. The maximum atomic E-state index is 12.8. The van der Waals surface area contributed by atoms with Crippen LogP contribution in [0.5, 0.6) is 0 Å². The Morgan fingerprint density at radius 1 is 1.00 bits per heavy atom. The van der Waals surface area contributed by atoms with E-state index in [2.05, 4.69) is 71.0 Å². The van der Waals surface area contributed by atoms with Crippen LogP contribution in [0.4, 0.5) is 17.2 Å². The minimum absolute atomic E-state index is 0.135. The van der Waals surface area contributed by atoms with E-state index in [9.17, 15) is 4.79 Å². The van der Waals surface area contributed by atoms with Gasteiger partial charge in [-0.15, -0.1) is 0 Å².